The van der Waals surface area contributed by atoms with Gasteiger partial charge in [-0.3, -0.25) is 4.79 Å². The van der Waals surface area contributed by atoms with Gasteiger partial charge in [0.05, 0.1) is 17.3 Å². The van der Waals surface area contributed by atoms with Crippen molar-refractivity contribution in [3.05, 3.63) is 64.7 Å². The fraction of sp³-hybridized carbons (Fsp3) is 0.316. The second-order valence-corrected chi connectivity index (χ2v) is 6.53. The molecule has 1 aromatic heterocycles. The van der Waals surface area contributed by atoms with Gasteiger partial charge >= 0.3 is 6.18 Å². The summed E-state index contributed by atoms with van der Waals surface area (Å²) in [4.78, 5) is 22.6. The highest BCUT2D eigenvalue weighted by Crippen LogP contribution is 2.34. The summed E-state index contributed by atoms with van der Waals surface area (Å²) in [6.45, 7) is 3.36. The topological polar surface area (TPSA) is 84.1 Å². The fourth-order valence-electron chi connectivity index (χ4n) is 3.23. The predicted octanol–water partition coefficient (Wildman–Crippen LogP) is 3.32. The van der Waals surface area contributed by atoms with Crippen molar-refractivity contribution in [3.63, 3.8) is 0 Å². The first-order valence-corrected chi connectivity index (χ1v) is 8.70. The molecular weight excluding hydrogens is 371 g/mol. The van der Waals surface area contributed by atoms with Crippen LogP contribution in [-0.4, -0.2) is 33.4 Å². The Labute approximate surface area is 160 Å². The molecule has 0 saturated carbocycles. The molecule has 3 rings (SSSR count). The van der Waals surface area contributed by atoms with E-state index in [2.05, 4.69) is 15.3 Å². The third-order valence-corrected chi connectivity index (χ3v) is 4.83. The number of rotatable bonds is 3. The van der Waals surface area contributed by atoms with Crippen LogP contribution in [0.2, 0.25) is 0 Å². The lowest BCUT2D eigenvalue weighted by atomic mass is 9.98. The second-order valence-electron chi connectivity index (χ2n) is 6.53. The smallest absolute Gasteiger partial charge is 0.399 e. The molecular formula is C19H20F3N5O. The van der Waals surface area contributed by atoms with Crippen LogP contribution in [0.3, 0.4) is 0 Å². The molecule has 0 radical (unpaired) electrons. The average molecular weight is 391 g/mol. The molecule has 0 aliphatic carbocycles. The van der Waals surface area contributed by atoms with Gasteiger partial charge in [0, 0.05) is 36.6 Å². The Morgan fingerprint density at radius 1 is 1.25 bits per heavy atom. The molecule has 0 bridgehead atoms. The maximum Gasteiger partial charge on any atom is 0.416 e. The standard InChI is InChI=1S/C19H20F3N5O/c1-11-13(5-3-6-14(11)19(20,21)22)17(28)27-10-7-15(16(23)12(27)2)26-18-24-8-4-9-25-18/h3-6,8-9,12H,7,10,23H2,1-2H3,(H,24,25,26). The van der Waals surface area contributed by atoms with Gasteiger partial charge in [-0.15, -0.1) is 0 Å². The largest absolute Gasteiger partial charge is 0.416 e. The zero-order valence-corrected chi connectivity index (χ0v) is 15.4. The highest BCUT2D eigenvalue weighted by atomic mass is 19.4. The van der Waals surface area contributed by atoms with Crippen molar-refractivity contribution in [2.75, 3.05) is 11.9 Å². The van der Waals surface area contributed by atoms with E-state index in [9.17, 15) is 18.0 Å². The molecule has 2 aromatic rings. The average Bonchev–Trinajstić information content (AvgIpc) is 2.65. The van der Waals surface area contributed by atoms with E-state index in [0.29, 0.717) is 30.3 Å². The van der Waals surface area contributed by atoms with Crippen LogP contribution in [0.4, 0.5) is 19.1 Å². The van der Waals surface area contributed by atoms with Gasteiger partial charge in [0.2, 0.25) is 5.95 Å². The Morgan fingerprint density at radius 3 is 2.57 bits per heavy atom. The number of nitrogens with two attached hydrogens (primary N) is 1. The van der Waals surface area contributed by atoms with Crippen LogP contribution in [0.15, 0.2) is 48.1 Å². The molecule has 0 fully saturated rings. The maximum atomic E-state index is 13.2. The molecule has 0 spiro atoms. The second kappa shape index (κ2) is 7.49. The molecule has 6 nitrogen and oxygen atoms in total. The number of aromatic nitrogens is 2. The Balaban J connectivity index is 1.85. The molecule has 28 heavy (non-hydrogen) atoms. The quantitative estimate of drug-likeness (QED) is 0.839. The number of nitrogens with zero attached hydrogens (tertiary/aromatic N) is 3. The summed E-state index contributed by atoms with van der Waals surface area (Å²) < 4.78 is 39.5. The molecule has 1 amide bonds. The number of nitrogens with one attached hydrogen (secondary N) is 1. The van der Waals surface area contributed by atoms with Gasteiger partial charge in [-0.2, -0.15) is 13.2 Å². The molecule has 1 atom stereocenters. The lowest BCUT2D eigenvalue weighted by molar-refractivity contribution is -0.138. The van der Waals surface area contributed by atoms with E-state index in [4.69, 9.17) is 5.73 Å². The Morgan fingerprint density at radius 2 is 1.93 bits per heavy atom. The van der Waals surface area contributed by atoms with Crippen molar-refractivity contribution in [3.8, 4) is 0 Å². The molecule has 1 aliphatic rings. The van der Waals surface area contributed by atoms with E-state index in [1.54, 1.807) is 25.4 Å². The number of alkyl halides is 3. The van der Waals surface area contributed by atoms with Gasteiger partial charge in [-0.25, -0.2) is 9.97 Å². The van der Waals surface area contributed by atoms with Crippen LogP contribution in [-0.2, 0) is 6.18 Å². The van der Waals surface area contributed by atoms with Crippen molar-refractivity contribution < 1.29 is 18.0 Å². The summed E-state index contributed by atoms with van der Waals surface area (Å²) >= 11 is 0. The van der Waals surface area contributed by atoms with Crippen molar-refractivity contribution in [2.45, 2.75) is 32.5 Å². The minimum absolute atomic E-state index is 0.0253. The van der Waals surface area contributed by atoms with Crippen LogP contribution in [0.25, 0.3) is 0 Å². The molecule has 1 aliphatic heterocycles. The SMILES string of the molecule is Cc1c(C(=O)N2CCC(Nc3ncccn3)=C(N)C2C)cccc1C(F)(F)F. The molecule has 148 valence electrons. The van der Waals surface area contributed by atoms with Gasteiger partial charge in [0.15, 0.2) is 0 Å². The maximum absolute atomic E-state index is 13.2. The van der Waals surface area contributed by atoms with E-state index in [1.807, 2.05) is 0 Å². The predicted molar refractivity (Wildman–Crippen MR) is 98.2 cm³/mol. The first kappa shape index (κ1) is 19.7. The molecule has 1 unspecified atom stereocenters. The van der Waals surface area contributed by atoms with Crippen LogP contribution in [0.1, 0.15) is 34.8 Å². The van der Waals surface area contributed by atoms with Crippen LogP contribution >= 0.6 is 0 Å². The Bertz CT molecular complexity index is 912. The van der Waals surface area contributed by atoms with Crippen molar-refractivity contribution in [1.82, 2.24) is 14.9 Å². The number of carbonyl (C=O) groups excluding carboxylic acids is 1. The summed E-state index contributed by atoms with van der Waals surface area (Å²) in [5.74, 6) is -0.0878. The summed E-state index contributed by atoms with van der Waals surface area (Å²) in [5.41, 5.74) is 6.46. The number of anilines is 1. The number of halogens is 3. The fourth-order valence-corrected chi connectivity index (χ4v) is 3.23. The van der Waals surface area contributed by atoms with Crippen molar-refractivity contribution in [1.29, 1.82) is 0 Å². The van der Waals surface area contributed by atoms with Gasteiger partial charge in [-0.05, 0) is 37.6 Å². The number of carbonyl (C=O) groups is 1. The Hall–Kier alpha value is -3.10. The van der Waals surface area contributed by atoms with Gasteiger partial charge in [0.25, 0.3) is 5.91 Å². The van der Waals surface area contributed by atoms with Crippen molar-refractivity contribution >= 4 is 11.9 Å². The van der Waals surface area contributed by atoms with Crippen LogP contribution in [0.5, 0.6) is 0 Å². The Kier molecular flexibility index (Phi) is 5.26. The first-order valence-electron chi connectivity index (χ1n) is 8.70. The number of hydrogen-bond acceptors (Lipinski definition) is 5. The molecule has 0 saturated heterocycles. The number of benzene rings is 1. The number of amides is 1. The molecule has 3 N–H and O–H groups in total. The normalized spacial score (nSPS) is 17.6. The molecule has 9 heteroatoms. The van der Waals surface area contributed by atoms with Gasteiger partial charge in [0.1, 0.15) is 0 Å². The van der Waals surface area contributed by atoms with E-state index in [1.165, 1.54) is 24.0 Å². The monoisotopic (exact) mass is 391 g/mol. The summed E-state index contributed by atoms with van der Waals surface area (Å²) in [7, 11) is 0. The van der Waals surface area contributed by atoms with E-state index >= 15 is 0 Å². The zero-order chi connectivity index (χ0) is 20.5. The molecule has 1 aromatic carbocycles. The highest BCUT2D eigenvalue weighted by Gasteiger charge is 2.35. The number of hydrogen-bond donors (Lipinski definition) is 2. The molecule has 2 heterocycles. The minimum Gasteiger partial charge on any atom is -0.399 e. The van der Waals surface area contributed by atoms with E-state index < -0.39 is 23.7 Å². The highest BCUT2D eigenvalue weighted by molar-refractivity contribution is 5.96. The van der Waals surface area contributed by atoms with Crippen molar-refractivity contribution in [2.24, 2.45) is 5.73 Å². The summed E-state index contributed by atoms with van der Waals surface area (Å²) in [6, 6.07) is 4.83. The first-order chi connectivity index (χ1) is 13.2. The van der Waals surface area contributed by atoms with Gasteiger partial charge < -0.3 is 16.0 Å². The van der Waals surface area contributed by atoms with Crippen LogP contribution in [0, 0.1) is 6.92 Å². The van der Waals surface area contributed by atoms with E-state index in [0.717, 1.165) is 6.07 Å². The lowest BCUT2D eigenvalue weighted by Gasteiger charge is -2.36. The lowest BCUT2D eigenvalue weighted by Crippen LogP contribution is -2.46. The summed E-state index contributed by atoms with van der Waals surface area (Å²) in [6.07, 6.45) is -0.924. The summed E-state index contributed by atoms with van der Waals surface area (Å²) in [5, 5.41) is 3.05. The minimum atomic E-state index is -4.51. The third kappa shape index (κ3) is 3.78. The zero-order valence-electron chi connectivity index (χ0n) is 15.4. The van der Waals surface area contributed by atoms with Crippen LogP contribution < -0.4 is 11.1 Å². The van der Waals surface area contributed by atoms with E-state index in [-0.39, 0.29) is 11.1 Å². The third-order valence-electron chi connectivity index (χ3n) is 4.83. The van der Waals surface area contributed by atoms with Gasteiger partial charge in [-0.1, -0.05) is 6.07 Å².